The maximum absolute atomic E-state index is 11.7. The molecule has 1 aliphatic carbocycles. The zero-order chi connectivity index (χ0) is 12.0. The van der Waals surface area contributed by atoms with Crippen LogP contribution in [0, 0.1) is 5.92 Å². The van der Waals surface area contributed by atoms with Crippen molar-refractivity contribution in [2.75, 3.05) is 25.1 Å². The molecule has 1 saturated carbocycles. The number of hydrogen-bond acceptors (Lipinski definition) is 3. The summed E-state index contributed by atoms with van der Waals surface area (Å²) in [6, 6.07) is 0. The van der Waals surface area contributed by atoms with Crippen LogP contribution in [-0.4, -0.2) is 47.1 Å². The van der Waals surface area contributed by atoms with Crippen molar-refractivity contribution < 1.29 is 9.90 Å². The van der Waals surface area contributed by atoms with Crippen molar-refractivity contribution in [1.82, 2.24) is 4.90 Å². The first-order valence-electron chi connectivity index (χ1n) is 6.13. The molecule has 0 radical (unpaired) electrons. The minimum absolute atomic E-state index is 0.118. The number of hydrogen-bond donors (Lipinski definition) is 1. The smallest absolute Gasteiger partial charge is 0.232 e. The van der Waals surface area contributed by atoms with Gasteiger partial charge < -0.3 is 10.0 Å². The van der Waals surface area contributed by atoms with Gasteiger partial charge in [-0.15, -0.1) is 0 Å². The fourth-order valence-corrected chi connectivity index (χ4v) is 2.89. The van der Waals surface area contributed by atoms with Gasteiger partial charge in [0.1, 0.15) is 0 Å². The third-order valence-corrected chi connectivity index (χ3v) is 4.06. The summed E-state index contributed by atoms with van der Waals surface area (Å²) in [4.78, 5) is 13.5. The van der Waals surface area contributed by atoms with Crippen LogP contribution >= 0.6 is 11.8 Å². The lowest BCUT2D eigenvalue weighted by Crippen LogP contribution is -2.40. The Bertz CT molecular complexity index is 217. The molecule has 0 aromatic heterocycles. The largest absolute Gasteiger partial charge is 0.393 e. The Hall–Kier alpha value is -0.220. The number of unbranched alkanes of at least 4 members (excludes halogenated alkanes) is 1. The number of carbonyl (C=O) groups excluding carboxylic acids is 1. The number of thioether (sulfide) groups is 1. The van der Waals surface area contributed by atoms with Crippen LogP contribution in [0.4, 0.5) is 0 Å². The summed E-state index contributed by atoms with van der Waals surface area (Å²) in [5, 5.41) is 9.16. The molecule has 0 bridgehead atoms. The molecule has 1 N–H and O–H groups in total. The topological polar surface area (TPSA) is 40.5 Å². The molecule has 0 aromatic carbocycles. The molecular formula is C12H23NO2S. The van der Waals surface area contributed by atoms with Crippen LogP contribution in [0.2, 0.25) is 0 Å². The van der Waals surface area contributed by atoms with E-state index in [2.05, 4.69) is 6.92 Å². The second-order valence-electron chi connectivity index (χ2n) is 4.67. The van der Waals surface area contributed by atoms with Crippen molar-refractivity contribution >= 4 is 17.7 Å². The Morgan fingerprint density at radius 3 is 2.75 bits per heavy atom. The van der Waals surface area contributed by atoms with Gasteiger partial charge in [-0.1, -0.05) is 13.3 Å². The van der Waals surface area contributed by atoms with E-state index in [4.69, 9.17) is 5.11 Å². The van der Waals surface area contributed by atoms with Crippen LogP contribution in [0.25, 0.3) is 0 Å². The summed E-state index contributed by atoms with van der Waals surface area (Å²) in [6.45, 7) is 2.97. The van der Waals surface area contributed by atoms with Crippen molar-refractivity contribution in [3.05, 3.63) is 0 Å². The van der Waals surface area contributed by atoms with E-state index in [0.29, 0.717) is 11.7 Å². The fourth-order valence-electron chi connectivity index (χ4n) is 1.85. The molecule has 1 aliphatic rings. The molecule has 0 unspecified atom stereocenters. The molecule has 1 rings (SSSR count). The molecule has 0 saturated heterocycles. The first-order chi connectivity index (χ1) is 7.63. The molecule has 94 valence electrons. The normalized spacial score (nSPS) is 23.9. The van der Waals surface area contributed by atoms with Gasteiger partial charge in [-0.05, 0) is 30.9 Å². The molecule has 0 atom stereocenters. The monoisotopic (exact) mass is 245 g/mol. The van der Waals surface area contributed by atoms with E-state index in [1.165, 1.54) is 12.8 Å². The molecule has 16 heavy (non-hydrogen) atoms. The summed E-state index contributed by atoms with van der Waals surface area (Å²) in [6.07, 6.45) is 3.99. The summed E-state index contributed by atoms with van der Waals surface area (Å²) >= 11 is 1.73. The molecule has 1 amide bonds. The van der Waals surface area contributed by atoms with E-state index in [1.807, 2.05) is 11.9 Å². The molecule has 0 aromatic rings. The fraction of sp³-hybridized carbons (Fsp3) is 0.917. The van der Waals surface area contributed by atoms with Crippen molar-refractivity contribution in [1.29, 1.82) is 0 Å². The van der Waals surface area contributed by atoms with Gasteiger partial charge in [0, 0.05) is 13.6 Å². The van der Waals surface area contributed by atoms with Crippen LogP contribution in [0.1, 0.15) is 32.6 Å². The van der Waals surface area contributed by atoms with Gasteiger partial charge in [0.25, 0.3) is 0 Å². The van der Waals surface area contributed by atoms with Crippen LogP contribution in [0.3, 0.4) is 0 Å². The number of carbonyl (C=O) groups is 1. The summed E-state index contributed by atoms with van der Waals surface area (Å²) in [7, 11) is 1.87. The molecule has 0 spiro atoms. The van der Waals surface area contributed by atoms with E-state index in [1.54, 1.807) is 11.8 Å². The molecule has 3 nitrogen and oxygen atoms in total. The third-order valence-electron chi connectivity index (χ3n) is 3.04. The highest BCUT2D eigenvalue weighted by Gasteiger charge is 2.28. The van der Waals surface area contributed by atoms with E-state index < -0.39 is 0 Å². The van der Waals surface area contributed by atoms with E-state index in [0.717, 1.165) is 25.1 Å². The predicted molar refractivity (Wildman–Crippen MR) is 68.6 cm³/mol. The quantitative estimate of drug-likeness (QED) is 0.695. The Kier molecular flexibility index (Phi) is 6.21. The van der Waals surface area contributed by atoms with Crippen molar-refractivity contribution in [3.8, 4) is 0 Å². The van der Waals surface area contributed by atoms with E-state index in [-0.39, 0.29) is 12.0 Å². The summed E-state index contributed by atoms with van der Waals surface area (Å²) < 4.78 is 0. The zero-order valence-electron chi connectivity index (χ0n) is 10.3. The van der Waals surface area contributed by atoms with E-state index in [9.17, 15) is 4.79 Å². The highest BCUT2D eigenvalue weighted by molar-refractivity contribution is 7.99. The lowest BCUT2D eigenvalue weighted by atomic mass is 9.82. The average molecular weight is 245 g/mol. The van der Waals surface area contributed by atoms with Crippen LogP contribution in [0.5, 0.6) is 0 Å². The van der Waals surface area contributed by atoms with Crippen LogP contribution < -0.4 is 0 Å². The minimum Gasteiger partial charge on any atom is -0.393 e. The Labute approximate surface area is 103 Å². The zero-order valence-corrected chi connectivity index (χ0v) is 11.1. The summed E-state index contributed by atoms with van der Waals surface area (Å²) in [5.74, 6) is 2.43. The lowest BCUT2D eigenvalue weighted by Gasteiger charge is -2.34. The number of nitrogens with zero attached hydrogens (tertiary/aromatic N) is 1. The van der Waals surface area contributed by atoms with Crippen LogP contribution in [-0.2, 0) is 4.79 Å². The summed E-state index contributed by atoms with van der Waals surface area (Å²) in [5.41, 5.74) is 0. The third kappa shape index (κ3) is 4.74. The number of aliphatic hydroxyl groups is 1. The molecular weight excluding hydrogens is 222 g/mol. The number of aliphatic hydroxyl groups excluding tert-OH is 1. The second-order valence-corrected chi connectivity index (χ2v) is 5.78. The van der Waals surface area contributed by atoms with Gasteiger partial charge >= 0.3 is 0 Å². The Morgan fingerprint density at radius 2 is 2.19 bits per heavy atom. The minimum atomic E-state index is -0.118. The second kappa shape index (κ2) is 7.17. The number of rotatable bonds is 7. The maximum atomic E-state index is 11.7. The Morgan fingerprint density at radius 1 is 1.50 bits per heavy atom. The molecule has 1 fully saturated rings. The van der Waals surface area contributed by atoms with Crippen molar-refractivity contribution in [2.45, 2.75) is 38.7 Å². The van der Waals surface area contributed by atoms with Gasteiger partial charge in [0.2, 0.25) is 5.91 Å². The van der Waals surface area contributed by atoms with Crippen LogP contribution in [0.15, 0.2) is 0 Å². The van der Waals surface area contributed by atoms with Crippen molar-refractivity contribution in [3.63, 3.8) is 0 Å². The molecule has 0 heterocycles. The standard InChI is InChI=1S/C12H23NO2S/c1-3-4-5-16-9-12(15)13(2)8-10-6-11(14)7-10/h10-11,14H,3-9H2,1-2H3. The molecule has 4 heteroatoms. The SMILES string of the molecule is CCCCSCC(=O)N(C)CC1CC(O)C1. The van der Waals surface area contributed by atoms with Gasteiger partial charge in [-0.25, -0.2) is 0 Å². The van der Waals surface area contributed by atoms with Gasteiger partial charge in [-0.2, -0.15) is 11.8 Å². The Balaban J connectivity index is 2.06. The van der Waals surface area contributed by atoms with Gasteiger partial charge in [0.15, 0.2) is 0 Å². The highest BCUT2D eigenvalue weighted by Crippen LogP contribution is 2.27. The highest BCUT2D eigenvalue weighted by atomic mass is 32.2. The number of amides is 1. The maximum Gasteiger partial charge on any atom is 0.232 e. The average Bonchev–Trinajstić information content (AvgIpc) is 2.21. The van der Waals surface area contributed by atoms with Gasteiger partial charge in [0.05, 0.1) is 11.9 Å². The lowest BCUT2D eigenvalue weighted by molar-refractivity contribution is -0.128. The predicted octanol–water partition coefficient (Wildman–Crippen LogP) is 1.75. The first-order valence-corrected chi connectivity index (χ1v) is 7.28. The van der Waals surface area contributed by atoms with E-state index >= 15 is 0 Å². The van der Waals surface area contributed by atoms with Crippen molar-refractivity contribution in [2.24, 2.45) is 5.92 Å². The molecule has 0 aliphatic heterocycles. The first kappa shape index (κ1) is 13.8. The van der Waals surface area contributed by atoms with Gasteiger partial charge in [-0.3, -0.25) is 4.79 Å².